The number of thioether (sulfide) groups is 1. The Bertz CT molecular complexity index is 531. The molecule has 4 nitrogen and oxygen atoms in total. The summed E-state index contributed by atoms with van der Waals surface area (Å²) >= 11 is 1.94. The first kappa shape index (κ1) is 16.7. The Morgan fingerprint density at radius 1 is 1.30 bits per heavy atom. The van der Waals surface area contributed by atoms with Gasteiger partial charge in [0.2, 0.25) is 5.91 Å². The fraction of sp³-hybridized carbons (Fsp3) is 0.611. The van der Waals surface area contributed by atoms with E-state index in [0.717, 1.165) is 26.1 Å². The summed E-state index contributed by atoms with van der Waals surface area (Å²) in [5.74, 6) is 0.140. The van der Waals surface area contributed by atoms with Crippen molar-refractivity contribution in [3.05, 3.63) is 24.3 Å². The second-order valence-electron chi connectivity index (χ2n) is 6.40. The smallest absolute Gasteiger partial charge is 0.239 e. The largest absolute Gasteiger partial charge is 0.360 e. The van der Waals surface area contributed by atoms with Gasteiger partial charge in [-0.2, -0.15) is 0 Å². The molecule has 1 aromatic rings. The van der Waals surface area contributed by atoms with Crippen LogP contribution in [-0.2, 0) is 4.79 Å². The summed E-state index contributed by atoms with van der Waals surface area (Å²) in [6.07, 6.45) is 3.73. The average Bonchev–Trinajstić information content (AvgIpc) is 3.08. The zero-order valence-corrected chi connectivity index (χ0v) is 14.8. The van der Waals surface area contributed by atoms with Crippen LogP contribution in [0.2, 0.25) is 0 Å². The van der Waals surface area contributed by atoms with Gasteiger partial charge in [-0.05, 0) is 44.5 Å². The molecule has 126 valence electrons. The molecule has 2 aliphatic heterocycles. The van der Waals surface area contributed by atoms with Gasteiger partial charge in [-0.25, -0.2) is 0 Å². The molecule has 23 heavy (non-hydrogen) atoms. The average molecular weight is 334 g/mol. The second kappa shape index (κ2) is 8.06. The van der Waals surface area contributed by atoms with Gasteiger partial charge in [0.1, 0.15) is 0 Å². The molecule has 0 bridgehead atoms. The minimum absolute atomic E-state index is 0.140. The number of likely N-dealkylation sites (tertiary alicyclic amines) is 1. The molecule has 0 radical (unpaired) electrons. The van der Waals surface area contributed by atoms with Crippen molar-refractivity contribution in [1.82, 2.24) is 10.2 Å². The molecule has 0 aromatic heterocycles. The van der Waals surface area contributed by atoms with Gasteiger partial charge < -0.3 is 15.1 Å². The molecule has 0 aliphatic carbocycles. The third-order valence-electron chi connectivity index (χ3n) is 4.66. The molecule has 2 aliphatic rings. The summed E-state index contributed by atoms with van der Waals surface area (Å²) in [4.78, 5) is 18.3. The van der Waals surface area contributed by atoms with Crippen LogP contribution in [0.1, 0.15) is 26.2 Å². The molecule has 3 rings (SSSR count). The van der Waals surface area contributed by atoms with Crippen molar-refractivity contribution in [2.45, 2.75) is 36.3 Å². The number of amides is 1. The van der Waals surface area contributed by atoms with E-state index in [2.05, 4.69) is 46.3 Å². The van der Waals surface area contributed by atoms with E-state index in [4.69, 9.17) is 0 Å². The summed E-state index contributed by atoms with van der Waals surface area (Å²) in [7, 11) is 0. The van der Waals surface area contributed by atoms with E-state index in [-0.39, 0.29) is 5.91 Å². The summed E-state index contributed by atoms with van der Waals surface area (Å²) < 4.78 is 0. The van der Waals surface area contributed by atoms with Gasteiger partial charge in [-0.3, -0.25) is 4.79 Å². The van der Waals surface area contributed by atoms with Gasteiger partial charge in [0.05, 0.1) is 12.2 Å². The molecule has 1 N–H and O–H groups in total. The number of nitrogens with zero attached hydrogens (tertiary/aromatic N) is 2. The van der Waals surface area contributed by atoms with Crippen molar-refractivity contribution in [3.8, 4) is 0 Å². The number of hydrogen-bond acceptors (Lipinski definition) is 4. The topological polar surface area (TPSA) is 35.6 Å². The van der Waals surface area contributed by atoms with Crippen molar-refractivity contribution >= 4 is 23.4 Å². The van der Waals surface area contributed by atoms with Crippen molar-refractivity contribution in [2.75, 3.05) is 44.2 Å². The standard InChI is InChI=1S/C18H27N3OS/c1-2-15-13-21(16-7-3-4-8-17(16)23-15)14-18(22)19-9-12-20-10-5-6-11-20/h3-4,7-8,15H,2,5-6,9-14H2,1H3,(H,19,22)/t15-/m1/s1. The first-order valence-corrected chi connectivity index (χ1v) is 9.64. The molecule has 1 atom stereocenters. The van der Waals surface area contributed by atoms with Gasteiger partial charge >= 0.3 is 0 Å². The Morgan fingerprint density at radius 3 is 2.87 bits per heavy atom. The van der Waals surface area contributed by atoms with E-state index in [1.807, 2.05) is 11.8 Å². The molecular formula is C18H27N3OS. The number of nitrogens with one attached hydrogen (secondary N) is 1. The lowest BCUT2D eigenvalue weighted by Crippen LogP contribution is -2.43. The third-order valence-corrected chi connectivity index (χ3v) is 6.08. The van der Waals surface area contributed by atoms with Crippen molar-refractivity contribution in [2.24, 2.45) is 0 Å². The maximum absolute atomic E-state index is 12.3. The zero-order chi connectivity index (χ0) is 16.1. The van der Waals surface area contributed by atoms with Gasteiger partial charge in [-0.1, -0.05) is 19.1 Å². The second-order valence-corrected chi connectivity index (χ2v) is 7.74. The number of fused-ring (bicyclic) bond motifs is 1. The van der Waals surface area contributed by atoms with Crippen LogP contribution in [0.5, 0.6) is 0 Å². The third kappa shape index (κ3) is 4.42. The van der Waals surface area contributed by atoms with Gasteiger partial charge in [0.15, 0.2) is 0 Å². The van der Waals surface area contributed by atoms with E-state index in [1.54, 1.807) is 0 Å². The number of carbonyl (C=O) groups excluding carboxylic acids is 1. The molecular weight excluding hydrogens is 306 g/mol. The highest BCUT2D eigenvalue weighted by molar-refractivity contribution is 8.00. The van der Waals surface area contributed by atoms with Crippen LogP contribution in [0.25, 0.3) is 0 Å². The highest BCUT2D eigenvalue weighted by atomic mass is 32.2. The van der Waals surface area contributed by atoms with Crippen molar-refractivity contribution in [1.29, 1.82) is 0 Å². The summed E-state index contributed by atoms with van der Waals surface area (Å²) in [6, 6.07) is 8.44. The summed E-state index contributed by atoms with van der Waals surface area (Å²) in [6.45, 7) is 7.76. The number of benzene rings is 1. The SMILES string of the molecule is CC[C@@H]1CN(CC(=O)NCCN2CCCC2)c2ccccc2S1. The molecule has 5 heteroatoms. The fourth-order valence-corrected chi connectivity index (χ4v) is 4.59. The quantitative estimate of drug-likeness (QED) is 0.868. The predicted molar refractivity (Wildman–Crippen MR) is 97.3 cm³/mol. The molecule has 0 unspecified atom stereocenters. The number of carbonyl (C=O) groups is 1. The molecule has 0 spiro atoms. The first-order chi connectivity index (χ1) is 11.3. The number of hydrogen-bond donors (Lipinski definition) is 1. The van der Waals surface area contributed by atoms with E-state index >= 15 is 0 Å². The lowest BCUT2D eigenvalue weighted by Gasteiger charge is -2.34. The van der Waals surface area contributed by atoms with E-state index < -0.39 is 0 Å². The first-order valence-electron chi connectivity index (χ1n) is 8.76. The van der Waals surface area contributed by atoms with Crippen molar-refractivity contribution < 1.29 is 4.79 Å². The lowest BCUT2D eigenvalue weighted by atomic mass is 10.2. The normalized spacial score (nSPS) is 21.3. The number of anilines is 1. The van der Waals surface area contributed by atoms with E-state index in [9.17, 15) is 4.79 Å². The molecule has 1 amide bonds. The minimum atomic E-state index is 0.140. The Morgan fingerprint density at radius 2 is 2.09 bits per heavy atom. The fourth-order valence-electron chi connectivity index (χ4n) is 3.33. The Labute approximate surface area is 143 Å². The predicted octanol–water partition coefficient (Wildman–Crippen LogP) is 2.59. The molecule has 1 aromatic carbocycles. The highest BCUT2D eigenvalue weighted by Gasteiger charge is 2.25. The van der Waals surface area contributed by atoms with Crippen molar-refractivity contribution in [3.63, 3.8) is 0 Å². The molecule has 1 saturated heterocycles. The van der Waals surface area contributed by atoms with Gasteiger partial charge in [-0.15, -0.1) is 11.8 Å². The number of rotatable bonds is 6. The molecule has 2 heterocycles. The van der Waals surface area contributed by atoms with Crippen LogP contribution in [0.4, 0.5) is 5.69 Å². The van der Waals surface area contributed by atoms with Gasteiger partial charge in [0, 0.05) is 29.8 Å². The van der Waals surface area contributed by atoms with E-state index in [0.29, 0.717) is 11.8 Å². The zero-order valence-electron chi connectivity index (χ0n) is 14.0. The Balaban J connectivity index is 1.52. The van der Waals surface area contributed by atoms with Crippen LogP contribution in [-0.4, -0.2) is 55.3 Å². The van der Waals surface area contributed by atoms with Crippen LogP contribution < -0.4 is 10.2 Å². The lowest BCUT2D eigenvalue weighted by molar-refractivity contribution is -0.119. The minimum Gasteiger partial charge on any atom is -0.360 e. The number of para-hydroxylation sites is 1. The summed E-state index contributed by atoms with van der Waals surface area (Å²) in [5.41, 5.74) is 1.21. The van der Waals surface area contributed by atoms with Crippen LogP contribution in [0.15, 0.2) is 29.2 Å². The highest BCUT2D eigenvalue weighted by Crippen LogP contribution is 2.39. The monoisotopic (exact) mass is 333 g/mol. The maximum Gasteiger partial charge on any atom is 0.239 e. The summed E-state index contributed by atoms with van der Waals surface area (Å²) in [5, 5.41) is 3.66. The van der Waals surface area contributed by atoms with Crippen LogP contribution in [0.3, 0.4) is 0 Å². The Hall–Kier alpha value is -1.20. The van der Waals surface area contributed by atoms with Crippen LogP contribution in [0, 0.1) is 0 Å². The Kier molecular flexibility index (Phi) is 5.84. The maximum atomic E-state index is 12.3. The van der Waals surface area contributed by atoms with Crippen LogP contribution >= 0.6 is 11.8 Å². The van der Waals surface area contributed by atoms with E-state index in [1.165, 1.54) is 36.5 Å². The molecule has 1 fully saturated rings. The van der Waals surface area contributed by atoms with Gasteiger partial charge in [0.25, 0.3) is 0 Å². The molecule has 0 saturated carbocycles.